The quantitative estimate of drug-likeness (QED) is 0.880. The summed E-state index contributed by atoms with van der Waals surface area (Å²) >= 11 is 5.63. The summed E-state index contributed by atoms with van der Waals surface area (Å²) in [6, 6.07) is 2.72. The molecule has 0 fully saturated rings. The molecule has 0 bridgehead atoms. The zero-order chi connectivity index (χ0) is 13.1. The van der Waals surface area contributed by atoms with Crippen LogP contribution in [0.1, 0.15) is 30.0 Å². The molecule has 0 spiro atoms. The van der Waals surface area contributed by atoms with Crippen LogP contribution in [0.25, 0.3) is 0 Å². The first-order chi connectivity index (χ1) is 7.84. The van der Waals surface area contributed by atoms with Crippen LogP contribution in [0.2, 0.25) is 5.02 Å². The van der Waals surface area contributed by atoms with E-state index in [4.69, 9.17) is 22.4 Å². The maximum Gasteiger partial charge on any atom is 0.416 e. The van der Waals surface area contributed by atoms with Crippen molar-refractivity contribution >= 4 is 11.6 Å². The fourth-order valence-electron chi connectivity index (χ4n) is 1.47. The van der Waals surface area contributed by atoms with Crippen molar-refractivity contribution in [2.24, 2.45) is 5.73 Å². The summed E-state index contributed by atoms with van der Waals surface area (Å²) in [5.41, 5.74) is 5.25. The standard InChI is InChI=1S/C11H13ClF3NO/c12-9-5-7(10(16)2-1-3-17)4-8(6-9)11(13,14)15/h4-6,10,17H,1-3,16H2/t10-/m0/s1. The molecule has 0 saturated heterocycles. The predicted molar refractivity (Wildman–Crippen MR) is 59.7 cm³/mol. The van der Waals surface area contributed by atoms with E-state index in [9.17, 15) is 13.2 Å². The molecule has 0 aromatic heterocycles. The van der Waals surface area contributed by atoms with Crippen LogP contribution in [-0.4, -0.2) is 11.7 Å². The molecule has 6 heteroatoms. The Balaban J connectivity index is 2.97. The minimum absolute atomic E-state index is 0.00859. The Morgan fingerprint density at radius 3 is 2.47 bits per heavy atom. The average Bonchev–Trinajstić information content (AvgIpc) is 2.23. The lowest BCUT2D eigenvalue weighted by Gasteiger charge is -2.14. The number of rotatable bonds is 4. The number of aliphatic hydroxyl groups is 1. The molecule has 0 aliphatic heterocycles. The first-order valence-electron chi connectivity index (χ1n) is 5.08. The van der Waals surface area contributed by atoms with Gasteiger partial charge in [0.15, 0.2) is 0 Å². The van der Waals surface area contributed by atoms with Gasteiger partial charge in [-0.2, -0.15) is 13.2 Å². The van der Waals surface area contributed by atoms with Crippen LogP contribution in [0.15, 0.2) is 18.2 Å². The van der Waals surface area contributed by atoms with Gasteiger partial charge in [-0.3, -0.25) is 0 Å². The van der Waals surface area contributed by atoms with Crippen molar-refractivity contribution in [3.63, 3.8) is 0 Å². The van der Waals surface area contributed by atoms with Crippen LogP contribution in [0.3, 0.4) is 0 Å². The van der Waals surface area contributed by atoms with Crippen LogP contribution in [0.5, 0.6) is 0 Å². The molecule has 1 atom stereocenters. The third-order valence-corrected chi connectivity index (χ3v) is 2.57. The molecule has 96 valence electrons. The van der Waals surface area contributed by atoms with Crippen LogP contribution in [0, 0.1) is 0 Å². The van der Waals surface area contributed by atoms with Gasteiger partial charge in [-0.05, 0) is 36.6 Å². The molecule has 0 aliphatic carbocycles. The molecule has 0 heterocycles. The van der Waals surface area contributed by atoms with E-state index < -0.39 is 17.8 Å². The molecule has 0 radical (unpaired) electrons. The molecule has 1 aromatic rings. The van der Waals surface area contributed by atoms with Gasteiger partial charge in [-0.1, -0.05) is 11.6 Å². The summed E-state index contributed by atoms with van der Waals surface area (Å²) in [6.45, 7) is -0.0413. The fraction of sp³-hybridized carbons (Fsp3) is 0.455. The number of hydrogen-bond acceptors (Lipinski definition) is 2. The smallest absolute Gasteiger partial charge is 0.396 e. The molecule has 17 heavy (non-hydrogen) atoms. The van der Waals surface area contributed by atoms with E-state index in [1.54, 1.807) is 0 Å². The zero-order valence-corrected chi connectivity index (χ0v) is 9.72. The number of nitrogens with two attached hydrogens (primary N) is 1. The molecule has 1 rings (SSSR count). The highest BCUT2D eigenvalue weighted by molar-refractivity contribution is 6.30. The van der Waals surface area contributed by atoms with E-state index in [0.29, 0.717) is 18.4 Å². The molecule has 0 aliphatic rings. The van der Waals surface area contributed by atoms with Crippen molar-refractivity contribution in [2.75, 3.05) is 6.61 Å². The normalized spacial score (nSPS) is 13.8. The van der Waals surface area contributed by atoms with Gasteiger partial charge < -0.3 is 10.8 Å². The Hall–Kier alpha value is -0.780. The minimum Gasteiger partial charge on any atom is -0.396 e. The van der Waals surface area contributed by atoms with Gasteiger partial charge in [0, 0.05) is 17.7 Å². The summed E-state index contributed by atoms with van der Waals surface area (Å²) in [5.74, 6) is 0. The first kappa shape index (κ1) is 14.3. The zero-order valence-electron chi connectivity index (χ0n) is 8.97. The number of alkyl halides is 3. The van der Waals surface area contributed by atoms with Crippen molar-refractivity contribution in [2.45, 2.75) is 25.1 Å². The largest absolute Gasteiger partial charge is 0.416 e. The monoisotopic (exact) mass is 267 g/mol. The maximum absolute atomic E-state index is 12.5. The van der Waals surface area contributed by atoms with Crippen molar-refractivity contribution in [3.8, 4) is 0 Å². The van der Waals surface area contributed by atoms with Crippen LogP contribution < -0.4 is 5.73 Å². The predicted octanol–water partition coefficient (Wildman–Crippen LogP) is 3.13. The summed E-state index contributed by atoms with van der Waals surface area (Å²) in [5, 5.41) is 8.65. The van der Waals surface area contributed by atoms with Crippen LogP contribution in [0.4, 0.5) is 13.2 Å². The van der Waals surface area contributed by atoms with Gasteiger partial charge in [-0.15, -0.1) is 0 Å². The molecule has 0 unspecified atom stereocenters. The fourth-order valence-corrected chi connectivity index (χ4v) is 1.71. The van der Waals surface area contributed by atoms with Crippen LogP contribution in [-0.2, 0) is 6.18 Å². The SMILES string of the molecule is N[C@@H](CCCO)c1cc(Cl)cc(C(F)(F)F)c1. The Labute approximate surface area is 102 Å². The van der Waals surface area contributed by atoms with Crippen molar-refractivity contribution in [1.29, 1.82) is 0 Å². The molecule has 0 amide bonds. The van der Waals surface area contributed by atoms with Crippen molar-refractivity contribution < 1.29 is 18.3 Å². The van der Waals surface area contributed by atoms with E-state index in [2.05, 4.69) is 0 Å². The van der Waals surface area contributed by atoms with E-state index in [-0.39, 0.29) is 11.6 Å². The van der Waals surface area contributed by atoms with E-state index >= 15 is 0 Å². The van der Waals surface area contributed by atoms with E-state index in [1.807, 2.05) is 0 Å². The molecule has 1 aromatic carbocycles. The maximum atomic E-state index is 12.5. The summed E-state index contributed by atoms with van der Waals surface area (Å²) in [6.07, 6.45) is -3.58. The lowest BCUT2D eigenvalue weighted by Crippen LogP contribution is -2.13. The second kappa shape index (κ2) is 5.71. The van der Waals surface area contributed by atoms with Gasteiger partial charge in [-0.25, -0.2) is 0 Å². The van der Waals surface area contributed by atoms with E-state index in [0.717, 1.165) is 12.1 Å². The topological polar surface area (TPSA) is 46.2 Å². The Morgan fingerprint density at radius 1 is 1.29 bits per heavy atom. The lowest BCUT2D eigenvalue weighted by molar-refractivity contribution is -0.137. The third kappa shape index (κ3) is 4.18. The second-order valence-corrected chi connectivity index (χ2v) is 4.18. The lowest BCUT2D eigenvalue weighted by atomic mass is 10.0. The van der Waals surface area contributed by atoms with Crippen LogP contribution >= 0.6 is 11.6 Å². The number of hydrogen-bond donors (Lipinski definition) is 2. The molecule has 3 N–H and O–H groups in total. The van der Waals surface area contributed by atoms with Crippen molar-refractivity contribution in [3.05, 3.63) is 34.3 Å². The Kier molecular flexibility index (Phi) is 4.80. The minimum atomic E-state index is -4.43. The summed E-state index contributed by atoms with van der Waals surface area (Å²) in [4.78, 5) is 0. The summed E-state index contributed by atoms with van der Waals surface area (Å²) < 4.78 is 37.6. The molecule has 2 nitrogen and oxygen atoms in total. The Bertz CT molecular complexity index is 381. The Morgan fingerprint density at radius 2 is 1.94 bits per heavy atom. The highest BCUT2D eigenvalue weighted by atomic mass is 35.5. The molecular weight excluding hydrogens is 255 g/mol. The average molecular weight is 268 g/mol. The summed E-state index contributed by atoms with van der Waals surface area (Å²) in [7, 11) is 0. The number of aliphatic hydroxyl groups excluding tert-OH is 1. The molecular formula is C11H13ClF3NO. The second-order valence-electron chi connectivity index (χ2n) is 3.74. The number of benzene rings is 1. The molecule has 0 saturated carbocycles. The number of halogens is 4. The first-order valence-corrected chi connectivity index (χ1v) is 5.46. The van der Waals surface area contributed by atoms with Gasteiger partial charge >= 0.3 is 6.18 Å². The van der Waals surface area contributed by atoms with Gasteiger partial charge in [0.2, 0.25) is 0 Å². The highest BCUT2D eigenvalue weighted by Crippen LogP contribution is 2.33. The van der Waals surface area contributed by atoms with E-state index in [1.165, 1.54) is 6.07 Å². The highest BCUT2D eigenvalue weighted by Gasteiger charge is 2.31. The van der Waals surface area contributed by atoms with Gasteiger partial charge in [0.25, 0.3) is 0 Å². The third-order valence-electron chi connectivity index (χ3n) is 2.35. The van der Waals surface area contributed by atoms with Crippen molar-refractivity contribution in [1.82, 2.24) is 0 Å². The van der Waals surface area contributed by atoms with Gasteiger partial charge in [0.05, 0.1) is 5.56 Å². The van der Waals surface area contributed by atoms with Gasteiger partial charge in [0.1, 0.15) is 0 Å².